The van der Waals surface area contributed by atoms with Gasteiger partial charge in [0, 0.05) is 5.56 Å². The molecule has 0 radical (unpaired) electrons. The molecule has 20 heavy (non-hydrogen) atoms. The molecule has 0 unspecified atom stereocenters. The molecular weight excluding hydrogens is 272 g/mol. The maximum Gasteiger partial charge on any atom is 0.275 e. The summed E-state index contributed by atoms with van der Waals surface area (Å²) in [5.41, 5.74) is 4.12. The van der Waals surface area contributed by atoms with Gasteiger partial charge in [-0.1, -0.05) is 42.5 Å². The molecule has 104 valence electrons. The molecule has 0 saturated carbocycles. The highest BCUT2D eigenvalue weighted by molar-refractivity contribution is 7.12. The summed E-state index contributed by atoms with van der Waals surface area (Å²) in [5.74, 6) is 4.85. The first-order valence-corrected chi connectivity index (χ1v) is 7.06. The Morgan fingerprint density at radius 3 is 2.85 bits per heavy atom. The maximum atomic E-state index is 11.5. The quantitative estimate of drug-likeness (QED) is 0.372. The number of benzene rings is 1. The number of nitrogens with one attached hydrogen (secondary N) is 1. The molecular formula is C15H16N2O2S. The lowest BCUT2D eigenvalue weighted by atomic mass is 10.2. The molecule has 1 aromatic carbocycles. The average Bonchev–Trinajstić information content (AvgIpc) is 2.95. The van der Waals surface area contributed by atoms with Gasteiger partial charge >= 0.3 is 0 Å². The summed E-state index contributed by atoms with van der Waals surface area (Å²) in [7, 11) is 0. The molecule has 1 heterocycles. The molecule has 1 amide bonds. The molecule has 0 aliphatic carbocycles. The van der Waals surface area contributed by atoms with Gasteiger partial charge in [0.25, 0.3) is 5.91 Å². The van der Waals surface area contributed by atoms with E-state index in [0.29, 0.717) is 18.1 Å². The fourth-order valence-corrected chi connectivity index (χ4v) is 2.51. The van der Waals surface area contributed by atoms with Crippen molar-refractivity contribution in [3.63, 3.8) is 0 Å². The lowest BCUT2D eigenvalue weighted by Crippen LogP contribution is -2.30. The number of nitrogen functional groups attached to an aromatic ring is 1. The first-order valence-electron chi connectivity index (χ1n) is 6.18. The monoisotopic (exact) mass is 288 g/mol. The Morgan fingerprint density at radius 1 is 1.30 bits per heavy atom. The number of nitrogens with two attached hydrogens (primary N) is 1. The first-order chi connectivity index (χ1) is 9.81. The second-order valence-corrected chi connectivity index (χ2v) is 4.99. The van der Waals surface area contributed by atoms with Crippen LogP contribution in [0.25, 0.3) is 6.08 Å². The molecule has 0 spiro atoms. The molecule has 2 rings (SSSR count). The minimum atomic E-state index is -0.279. The van der Waals surface area contributed by atoms with Crippen molar-refractivity contribution in [1.82, 2.24) is 5.43 Å². The smallest absolute Gasteiger partial charge is 0.275 e. The number of rotatable bonds is 6. The lowest BCUT2D eigenvalue weighted by Gasteiger charge is -2.02. The van der Waals surface area contributed by atoms with E-state index in [9.17, 15) is 4.79 Å². The summed E-state index contributed by atoms with van der Waals surface area (Å²) in [6, 6.07) is 11.9. The molecule has 0 aliphatic heterocycles. The van der Waals surface area contributed by atoms with E-state index in [0.717, 1.165) is 11.1 Å². The second-order valence-electron chi connectivity index (χ2n) is 4.08. The predicted molar refractivity (Wildman–Crippen MR) is 81.1 cm³/mol. The maximum absolute atomic E-state index is 11.5. The zero-order chi connectivity index (χ0) is 14.2. The van der Waals surface area contributed by atoms with Crippen LogP contribution in [-0.2, 0) is 11.3 Å². The Bertz CT molecular complexity index is 579. The van der Waals surface area contributed by atoms with Gasteiger partial charge < -0.3 is 4.74 Å². The molecule has 2 aromatic rings. The largest absolute Gasteiger partial charge is 0.373 e. The minimum Gasteiger partial charge on any atom is -0.373 e. The van der Waals surface area contributed by atoms with Crippen molar-refractivity contribution in [3.8, 4) is 0 Å². The van der Waals surface area contributed by atoms with Crippen LogP contribution in [0.15, 0.2) is 47.9 Å². The zero-order valence-electron chi connectivity index (χ0n) is 10.9. The third kappa shape index (κ3) is 4.03. The highest BCUT2D eigenvalue weighted by Gasteiger charge is 2.11. The number of carbonyl (C=O) groups is 1. The van der Waals surface area contributed by atoms with Gasteiger partial charge in [-0.15, -0.1) is 11.3 Å². The molecule has 0 aliphatic rings. The summed E-state index contributed by atoms with van der Waals surface area (Å²) in [4.78, 5) is 12.1. The van der Waals surface area contributed by atoms with E-state index >= 15 is 0 Å². The van der Waals surface area contributed by atoms with Crippen LogP contribution in [-0.4, -0.2) is 12.5 Å². The Kier molecular flexibility index (Phi) is 5.49. The highest BCUT2D eigenvalue weighted by Crippen LogP contribution is 2.17. The molecule has 4 nitrogen and oxygen atoms in total. The standard InChI is InChI=1S/C15H16N2O2S/c16-17-15(18)14-13(8-10-20-14)11-19-9-4-7-12-5-2-1-3-6-12/h1-8,10H,9,11,16H2,(H,17,18). The van der Waals surface area contributed by atoms with Crippen molar-refractivity contribution in [3.05, 3.63) is 63.9 Å². The predicted octanol–water partition coefficient (Wildman–Crippen LogP) is 2.58. The SMILES string of the molecule is NNC(=O)c1sccc1COCC=Cc1ccccc1. The van der Waals surface area contributed by atoms with Crippen molar-refractivity contribution in [2.24, 2.45) is 5.84 Å². The zero-order valence-corrected chi connectivity index (χ0v) is 11.7. The molecule has 3 N–H and O–H groups in total. The Hall–Kier alpha value is -1.95. The number of amides is 1. The van der Waals surface area contributed by atoms with E-state index in [2.05, 4.69) is 5.43 Å². The van der Waals surface area contributed by atoms with Gasteiger partial charge in [0.1, 0.15) is 0 Å². The van der Waals surface area contributed by atoms with E-state index in [1.807, 2.05) is 53.9 Å². The van der Waals surface area contributed by atoms with Crippen LogP contribution in [0.5, 0.6) is 0 Å². The van der Waals surface area contributed by atoms with Gasteiger partial charge in [-0.05, 0) is 17.0 Å². The van der Waals surface area contributed by atoms with Crippen molar-refractivity contribution in [2.45, 2.75) is 6.61 Å². The summed E-state index contributed by atoms with van der Waals surface area (Å²) in [6.07, 6.45) is 3.95. The van der Waals surface area contributed by atoms with Gasteiger partial charge in [-0.3, -0.25) is 10.2 Å². The van der Waals surface area contributed by atoms with E-state index in [1.165, 1.54) is 11.3 Å². The minimum absolute atomic E-state index is 0.279. The van der Waals surface area contributed by atoms with Crippen LogP contribution < -0.4 is 11.3 Å². The molecule has 0 fully saturated rings. The number of hydrogen-bond donors (Lipinski definition) is 2. The van der Waals surface area contributed by atoms with Crippen LogP contribution >= 0.6 is 11.3 Å². The number of ether oxygens (including phenoxy) is 1. The Labute approximate surface area is 121 Å². The van der Waals surface area contributed by atoms with Crippen LogP contribution in [0, 0.1) is 0 Å². The number of thiophene rings is 1. The van der Waals surface area contributed by atoms with Crippen molar-refractivity contribution < 1.29 is 9.53 Å². The first kappa shape index (κ1) is 14.5. The molecule has 0 saturated heterocycles. The lowest BCUT2D eigenvalue weighted by molar-refractivity contribution is 0.0951. The number of hydrazine groups is 1. The summed E-state index contributed by atoms with van der Waals surface area (Å²) in [5, 5.41) is 1.85. The van der Waals surface area contributed by atoms with Gasteiger partial charge in [0.05, 0.1) is 18.1 Å². The molecule has 0 bridgehead atoms. The molecule has 5 heteroatoms. The third-order valence-electron chi connectivity index (χ3n) is 2.67. The second kappa shape index (κ2) is 7.59. The van der Waals surface area contributed by atoms with Crippen molar-refractivity contribution in [2.75, 3.05) is 6.61 Å². The Morgan fingerprint density at radius 2 is 2.10 bits per heavy atom. The summed E-state index contributed by atoms with van der Waals surface area (Å²) < 4.78 is 5.53. The molecule has 0 atom stereocenters. The van der Waals surface area contributed by atoms with E-state index in [-0.39, 0.29) is 5.91 Å². The normalized spacial score (nSPS) is 10.8. The van der Waals surface area contributed by atoms with Crippen LogP contribution in [0.3, 0.4) is 0 Å². The average molecular weight is 288 g/mol. The van der Waals surface area contributed by atoms with Gasteiger partial charge in [-0.2, -0.15) is 0 Å². The highest BCUT2D eigenvalue weighted by atomic mass is 32.1. The topological polar surface area (TPSA) is 64.3 Å². The van der Waals surface area contributed by atoms with Gasteiger partial charge in [0.15, 0.2) is 0 Å². The number of carbonyl (C=O) groups excluding carboxylic acids is 1. The fourth-order valence-electron chi connectivity index (χ4n) is 1.70. The van der Waals surface area contributed by atoms with E-state index < -0.39 is 0 Å². The number of hydrogen-bond acceptors (Lipinski definition) is 4. The van der Waals surface area contributed by atoms with E-state index in [1.54, 1.807) is 0 Å². The third-order valence-corrected chi connectivity index (χ3v) is 3.62. The van der Waals surface area contributed by atoms with Crippen molar-refractivity contribution >= 4 is 23.3 Å². The van der Waals surface area contributed by atoms with Gasteiger partial charge in [-0.25, -0.2) is 5.84 Å². The van der Waals surface area contributed by atoms with Gasteiger partial charge in [0.2, 0.25) is 0 Å². The molecule has 1 aromatic heterocycles. The van der Waals surface area contributed by atoms with Crippen molar-refractivity contribution in [1.29, 1.82) is 0 Å². The van der Waals surface area contributed by atoms with E-state index in [4.69, 9.17) is 10.6 Å². The fraction of sp³-hybridized carbons (Fsp3) is 0.133. The summed E-state index contributed by atoms with van der Waals surface area (Å²) in [6.45, 7) is 0.889. The van der Waals surface area contributed by atoms with Crippen LogP contribution in [0.1, 0.15) is 20.8 Å². The summed E-state index contributed by atoms with van der Waals surface area (Å²) >= 11 is 1.35. The van der Waals surface area contributed by atoms with Crippen LogP contribution in [0.4, 0.5) is 0 Å². The van der Waals surface area contributed by atoms with Crippen LogP contribution in [0.2, 0.25) is 0 Å². The Balaban J connectivity index is 1.81.